The number of halogens is 4. The van der Waals surface area contributed by atoms with E-state index in [-0.39, 0.29) is 11.9 Å². The third kappa shape index (κ3) is 3.32. The summed E-state index contributed by atoms with van der Waals surface area (Å²) >= 11 is 10.6. The van der Waals surface area contributed by atoms with E-state index in [0.717, 1.165) is 30.1 Å². The van der Waals surface area contributed by atoms with Crippen molar-refractivity contribution in [3.8, 4) is 0 Å². The minimum atomic E-state index is -0.250. The van der Waals surface area contributed by atoms with E-state index in [4.69, 9.17) is 0 Å². The van der Waals surface area contributed by atoms with Gasteiger partial charge in [0.15, 0.2) is 0 Å². The number of nitrogens with one attached hydrogen (secondary N) is 1. The lowest BCUT2D eigenvalue weighted by molar-refractivity contribution is 0.621. The third-order valence-electron chi connectivity index (χ3n) is 3.15. The summed E-state index contributed by atoms with van der Waals surface area (Å²) in [5, 5.41) is 3.28. The summed E-state index contributed by atoms with van der Waals surface area (Å²) in [6.45, 7) is 2.04. The van der Waals surface area contributed by atoms with E-state index in [1.807, 2.05) is 14.0 Å². The molecule has 0 saturated carbocycles. The first-order valence-corrected chi connectivity index (χ1v) is 8.39. The van der Waals surface area contributed by atoms with Gasteiger partial charge in [0.25, 0.3) is 0 Å². The van der Waals surface area contributed by atoms with Crippen molar-refractivity contribution in [1.29, 1.82) is 0 Å². The fraction of sp³-hybridized carbons (Fsp3) is 0.200. The summed E-state index contributed by atoms with van der Waals surface area (Å²) in [7, 11) is 1.89. The number of rotatable bonds is 3. The lowest BCUT2D eigenvalue weighted by Crippen LogP contribution is -2.19. The van der Waals surface area contributed by atoms with E-state index in [2.05, 4.69) is 65.2 Å². The first-order valence-electron chi connectivity index (χ1n) is 6.01. The zero-order valence-corrected chi connectivity index (χ0v) is 15.7. The van der Waals surface area contributed by atoms with Gasteiger partial charge in [-0.1, -0.05) is 53.9 Å². The molecule has 2 aromatic carbocycles. The minimum absolute atomic E-state index is 0.0313. The molecule has 1 N–H and O–H groups in total. The first kappa shape index (κ1) is 16.1. The van der Waals surface area contributed by atoms with Gasteiger partial charge < -0.3 is 5.32 Å². The van der Waals surface area contributed by atoms with Gasteiger partial charge in [0, 0.05) is 13.4 Å². The monoisotopic (exact) mass is 463 g/mol. The van der Waals surface area contributed by atoms with Gasteiger partial charge >= 0.3 is 0 Å². The van der Waals surface area contributed by atoms with Crippen LogP contribution >= 0.6 is 47.8 Å². The second-order valence-corrected chi connectivity index (χ2v) is 7.07. The maximum Gasteiger partial charge on any atom is 0.124 e. The van der Waals surface area contributed by atoms with Gasteiger partial charge in [-0.15, -0.1) is 0 Å². The molecule has 0 saturated heterocycles. The molecule has 0 radical (unpaired) electrons. The van der Waals surface area contributed by atoms with Crippen molar-refractivity contribution in [3.05, 3.63) is 66.3 Å². The molecule has 0 heterocycles. The lowest BCUT2D eigenvalue weighted by Gasteiger charge is -2.21. The van der Waals surface area contributed by atoms with Crippen LogP contribution < -0.4 is 5.32 Å². The van der Waals surface area contributed by atoms with Crippen LogP contribution in [0, 0.1) is 12.7 Å². The normalized spacial score (nSPS) is 12.5. The highest BCUT2D eigenvalue weighted by Crippen LogP contribution is 2.35. The SMILES string of the molecule is CNC(c1ccc(F)cc1Br)c1cc(Br)c(C)cc1Br. The second-order valence-electron chi connectivity index (χ2n) is 4.51. The van der Waals surface area contributed by atoms with Gasteiger partial charge in [-0.2, -0.15) is 0 Å². The lowest BCUT2D eigenvalue weighted by atomic mass is 9.98. The van der Waals surface area contributed by atoms with Crippen LogP contribution in [0.15, 0.2) is 43.7 Å². The molecule has 5 heteroatoms. The molecular formula is C15H13Br3FN. The van der Waals surface area contributed by atoms with Crippen LogP contribution in [-0.4, -0.2) is 7.05 Å². The average Bonchev–Trinajstić information content (AvgIpc) is 2.38. The Kier molecular flexibility index (Phi) is 5.40. The van der Waals surface area contributed by atoms with E-state index in [1.165, 1.54) is 12.1 Å². The standard InChI is InChI=1S/C15H13Br3FN/c1-8-5-13(17)11(7-12(8)16)15(20-2)10-4-3-9(19)6-14(10)18/h3-7,15,20H,1-2H3. The Hall–Kier alpha value is -0.230. The van der Waals surface area contributed by atoms with Crippen LogP contribution in [0.25, 0.3) is 0 Å². The molecule has 0 amide bonds. The number of benzene rings is 2. The third-order valence-corrected chi connectivity index (χ3v) is 5.38. The average molecular weight is 466 g/mol. The van der Waals surface area contributed by atoms with Crippen molar-refractivity contribution in [2.75, 3.05) is 7.05 Å². The molecule has 106 valence electrons. The van der Waals surface area contributed by atoms with Gasteiger partial charge in [-0.25, -0.2) is 4.39 Å². The maximum atomic E-state index is 13.2. The molecule has 0 aliphatic rings. The molecule has 0 fully saturated rings. The van der Waals surface area contributed by atoms with Crippen molar-refractivity contribution in [2.45, 2.75) is 13.0 Å². The van der Waals surface area contributed by atoms with E-state index in [9.17, 15) is 4.39 Å². The van der Waals surface area contributed by atoms with Crippen LogP contribution in [0.1, 0.15) is 22.7 Å². The van der Waals surface area contributed by atoms with Crippen molar-refractivity contribution < 1.29 is 4.39 Å². The highest BCUT2D eigenvalue weighted by atomic mass is 79.9. The van der Waals surface area contributed by atoms with Gasteiger partial charge in [0.05, 0.1) is 6.04 Å². The van der Waals surface area contributed by atoms with E-state index >= 15 is 0 Å². The number of aryl methyl sites for hydroxylation is 1. The molecule has 1 atom stereocenters. The summed E-state index contributed by atoms with van der Waals surface area (Å²) < 4.78 is 16.1. The largest absolute Gasteiger partial charge is 0.309 e. The van der Waals surface area contributed by atoms with E-state index < -0.39 is 0 Å². The van der Waals surface area contributed by atoms with E-state index in [1.54, 1.807) is 6.07 Å². The summed E-state index contributed by atoms with van der Waals surface area (Å²) in [6.07, 6.45) is 0. The van der Waals surface area contributed by atoms with Crippen LogP contribution in [0.5, 0.6) is 0 Å². The zero-order valence-electron chi connectivity index (χ0n) is 11.0. The summed E-state index contributed by atoms with van der Waals surface area (Å²) in [4.78, 5) is 0. The van der Waals surface area contributed by atoms with E-state index in [0.29, 0.717) is 0 Å². The molecule has 0 bridgehead atoms. The Bertz CT molecular complexity index is 643. The van der Waals surface area contributed by atoms with Crippen molar-refractivity contribution in [3.63, 3.8) is 0 Å². The molecule has 2 aromatic rings. The van der Waals surface area contributed by atoms with Gasteiger partial charge in [0.2, 0.25) is 0 Å². The fourth-order valence-electron chi connectivity index (χ4n) is 2.10. The van der Waals surface area contributed by atoms with Crippen molar-refractivity contribution in [1.82, 2.24) is 5.32 Å². The molecule has 0 aliphatic carbocycles. The fourth-order valence-corrected chi connectivity index (χ4v) is 3.72. The maximum absolute atomic E-state index is 13.2. The van der Waals surface area contributed by atoms with Crippen LogP contribution in [0.4, 0.5) is 4.39 Å². The Morgan fingerprint density at radius 2 is 1.60 bits per heavy atom. The molecule has 1 unspecified atom stereocenters. The Balaban J connectivity index is 2.55. The minimum Gasteiger partial charge on any atom is -0.309 e. The second kappa shape index (κ2) is 6.69. The summed E-state index contributed by atoms with van der Waals surface area (Å²) in [5.41, 5.74) is 3.25. The molecule has 20 heavy (non-hydrogen) atoms. The first-order chi connectivity index (χ1) is 9.43. The highest BCUT2D eigenvalue weighted by molar-refractivity contribution is 9.11. The zero-order chi connectivity index (χ0) is 14.9. The molecule has 1 nitrogen and oxygen atoms in total. The smallest absolute Gasteiger partial charge is 0.124 e. The quantitative estimate of drug-likeness (QED) is 0.610. The summed E-state index contributed by atoms with van der Waals surface area (Å²) in [6, 6.07) is 8.87. The van der Waals surface area contributed by atoms with Crippen LogP contribution in [-0.2, 0) is 0 Å². The van der Waals surface area contributed by atoms with Gasteiger partial charge in [0.1, 0.15) is 5.82 Å². The predicted octanol–water partition coefficient (Wildman–Crippen LogP) is 5.73. The van der Waals surface area contributed by atoms with Gasteiger partial charge in [-0.05, 0) is 54.9 Å². The molecule has 0 spiro atoms. The summed E-state index contributed by atoms with van der Waals surface area (Å²) in [5.74, 6) is -0.250. The van der Waals surface area contributed by atoms with Crippen LogP contribution in [0.3, 0.4) is 0 Å². The molecule has 0 aromatic heterocycles. The Morgan fingerprint density at radius 1 is 0.950 bits per heavy atom. The van der Waals surface area contributed by atoms with Gasteiger partial charge in [-0.3, -0.25) is 0 Å². The van der Waals surface area contributed by atoms with Crippen LogP contribution in [0.2, 0.25) is 0 Å². The topological polar surface area (TPSA) is 12.0 Å². The number of hydrogen-bond acceptors (Lipinski definition) is 1. The van der Waals surface area contributed by atoms with Crippen molar-refractivity contribution in [2.24, 2.45) is 0 Å². The molecular weight excluding hydrogens is 453 g/mol. The highest BCUT2D eigenvalue weighted by Gasteiger charge is 2.19. The molecule has 0 aliphatic heterocycles. The Morgan fingerprint density at radius 3 is 2.20 bits per heavy atom. The number of hydrogen-bond donors (Lipinski definition) is 1. The van der Waals surface area contributed by atoms with Crippen molar-refractivity contribution >= 4 is 47.8 Å². The Labute approximate surface area is 143 Å². The molecule has 2 rings (SSSR count). The predicted molar refractivity (Wildman–Crippen MR) is 91.6 cm³/mol.